The number of carbonyl (C=O) groups is 2. The molecule has 0 bridgehead atoms. The quantitative estimate of drug-likeness (QED) is 0.835. The van der Waals surface area contributed by atoms with Gasteiger partial charge in [0.25, 0.3) is 11.5 Å². The predicted octanol–water partition coefficient (Wildman–Crippen LogP) is 2.25. The number of nitrogens with zero attached hydrogens (tertiary/aromatic N) is 1. The molecule has 1 aliphatic carbocycles. The molecule has 1 aromatic rings. The number of hydrogen-bond donors (Lipinski definition) is 2. The second-order valence-corrected chi connectivity index (χ2v) is 6.65. The molecular weight excluding hydrogens is 308 g/mol. The molecule has 6 heteroatoms. The van der Waals surface area contributed by atoms with E-state index in [9.17, 15) is 14.4 Å². The van der Waals surface area contributed by atoms with Gasteiger partial charge >= 0.3 is 5.97 Å². The Kier molecular flexibility index (Phi) is 6.17. The van der Waals surface area contributed by atoms with Crippen molar-refractivity contribution in [3.05, 3.63) is 33.2 Å². The lowest BCUT2D eigenvalue weighted by Crippen LogP contribution is -2.36. The molecule has 1 amide bonds. The number of aryl methyl sites for hydroxylation is 1. The summed E-state index contributed by atoms with van der Waals surface area (Å²) >= 11 is 0. The highest BCUT2D eigenvalue weighted by Crippen LogP contribution is 2.25. The van der Waals surface area contributed by atoms with Crippen molar-refractivity contribution < 1.29 is 14.7 Å². The lowest BCUT2D eigenvalue weighted by Gasteiger charge is -2.24. The number of carboxylic acid groups (broad SMARTS) is 1. The summed E-state index contributed by atoms with van der Waals surface area (Å²) in [5, 5.41) is 11.2. The Morgan fingerprint density at radius 2 is 1.92 bits per heavy atom. The van der Waals surface area contributed by atoms with Crippen molar-refractivity contribution in [2.75, 3.05) is 6.54 Å². The Balaban J connectivity index is 2.21. The first kappa shape index (κ1) is 18.2. The van der Waals surface area contributed by atoms with Crippen molar-refractivity contribution >= 4 is 11.9 Å². The van der Waals surface area contributed by atoms with Gasteiger partial charge in [-0.1, -0.05) is 19.3 Å². The molecule has 1 aliphatic rings. The van der Waals surface area contributed by atoms with Crippen LogP contribution in [0.4, 0.5) is 0 Å². The van der Waals surface area contributed by atoms with Gasteiger partial charge in [-0.05, 0) is 44.2 Å². The Bertz CT molecular complexity index is 672. The summed E-state index contributed by atoms with van der Waals surface area (Å²) in [6, 6.07) is 1.60. The van der Waals surface area contributed by atoms with E-state index in [1.807, 2.05) is 13.8 Å². The lowest BCUT2D eigenvalue weighted by molar-refractivity contribution is -0.136. The average molecular weight is 334 g/mol. The summed E-state index contributed by atoms with van der Waals surface area (Å²) in [4.78, 5) is 35.5. The van der Waals surface area contributed by atoms with Crippen LogP contribution in [0.5, 0.6) is 0 Å². The first-order valence-electron chi connectivity index (χ1n) is 8.61. The maximum atomic E-state index is 12.7. The third-order valence-corrected chi connectivity index (χ3v) is 4.85. The molecule has 2 rings (SSSR count). The third kappa shape index (κ3) is 4.46. The van der Waals surface area contributed by atoms with Crippen LogP contribution in [-0.2, 0) is 11.3 Å². The molecule has 6 nitrogen and oxygen atoms in total. The van der Waals surface area contributed by atoms with Crippen molar-refractivity contribution in [1.82, 2.24) is 9.88 Å². The fraction of sp³-hybridized carbons (Fsp3) is 0.611. The first-order valence-corrected chi connectivity index (χ1v) is 8.61. The largest absolute Gasteiger partial charge is 0.481 e. The summed E-state index contributed by atoms with van der Waals surface area (Å²) in [6.45, 7) is 4.47. The van der Waals surface area contributed by atoms with Gasteiger partial charge in [-0.2, -0.15) is 0 Å². The van der Waals surface area contributed by atoms with Crippen molar-refractivity contribution in [2.24, 2.45) is 5.92 Å². The van der Waals surface area contributed by atoms with Crippen LogP contribution in [-0.4, -0.2) is 28.1 Å². The SMILES string of the molecule is Cc1cc(C(=O)NCCC(=O)O)c(=O)n(CC2CCCCC2)c1C. The van der Waals surface area contributed by atoms with E-state index in [1.165, 1.54) is 19.3 Å². The molecule has 1 fully saturated rings. The van der Waals surface area contributed by atoms with Gasteiger partial charge in [0.05, 0.1) is 6.42 Å². The minimum absolute atomic E-state index is 0.0170. The summed E-state index contributed by atoms with van der Waals surface area (Å²) in [5.74, 6) is -0.994. The average Bonchev–Trinajstić information content (AvgIpc) is 2.55. The number of aliphatic carboxylic acids is 1. The van der Waals surface area contributed by atoms with E-state index in [2.05, 4.69) is 5.32 Å². The molecular formula is C18H26N2O4. The summed E-state index contributed by atoms with van der Waals surface area (Å²) in [5.41, 5.74) is 1.61. The zero-order valence-corrected chi connectivity index (χ0v) is 14.4. The molecule has 1 heterocycles. The van der Waals surface area contributed by atoms with Crippen LogP contribution in [0, 0.1) is 19.8 Å². The molecule has 0 aliphatic heterocycles. The van der Waals surface area contributed by atoms with Crippen LogP contribution in [0.2, 0.25) is 0 Å². The van der Waals surface area contributed by atoms with Gasteiger partial charge in [0.15, 0.2) is 0 Å². The maximum Gasteiger partial charge on any atom is 0.305 e. The van der Waals surface area contributed by atoms with E-state index in [-0.39, 0.29) is 24.1 Å². The van der Waals surface area contributed by atoms with Crippen molar-refractivity contribution in [2.45, 2.75) is 58.9 Å². The Hall–Kier alpha value is -2.11. The van der Waals surface area contributed by atoms with Crippen LogP contribution in [0.1, 0.15) is 60.1 Å². The Morgan fingerprint density at radius 1 is 1.25 bits per heavy atom. The smallest absolute Gasteiger partial charge is 0.305 e. The second-order valence-electron chi connectivity index (χ2n) is 6.65. The monoisotopic (exact) mass is 334 g/mol. The minimum atomic E-state index is -0.981. The van der Waals surface area contributed by atoms with Crippen molar-refractivity contribution in [3.63, 3.8) is 0 Å². The van der Waals surface area contributed by atoms with Crippen LogP contribution < -0.4 is 10.9 Å². The van der Waals surface area contributed by atoms with Crippen LogP contribution in [0.25, 0.3) is 0 Å². The summed E-state index contributed by atoms with van der Waals surface area (Å²) in [7, 11) is 0. The lowest BCUT2D eigenvalue weighted by atomic mass is 9.89. The molecule has 0 spiro atoms. The zero-order valence-electron chi connectivity index (χ0n) is 14.4. The Labute approximate surface area is 141 Å². The van der Waals surface area contributed by atoms with Gasteiger partial charge in [0.1, 0.15) is 5.56 Å². The van der Waals surface area contributed by atoms with Crippen molar-refractivity contribution in [1.29, 1.82) is 0 Å². The van der Waals surface area contributed by atoms with E-state index < -0.39 is 11.9 Å². The normalized spacial score (nSPS) is 15.2. The number of aromatic nitrogens is 1. The van der Waals surface area contributed by atoms with Gasteiger partial charge in [-0.3, -0.25) is 14.4 Å². The number of nitrogens with one attached hydrogen (secondary N) is 1. The molecule has 1 aromatic heterocycles. The molecule has 0 saturated heterocycles. The molecule has 2 N–H and O–H groups in total. The van der Waals surface area contributed by atoms with E-state index in [0.29, 0.717) is 12.5 Å². The van der Waals surface area contributed by atoms with Crippen LogP contribution in [0.3, 0.4) is 0 Å². The highest BCUT2D eigenvalue weighted by Gasteiger charge is 2.20. The molecule has 1 saturated carbocycles. The summed E-state index contributed by atoms with van der Waals surface area (Å²) in [6.07, 6.45) is 5.75. The predicted molar refractivity (Wildman–Crippen MR) is 91.3 cm³/mol. The molecule has 132 valence electrons. The van der Waals surface area contributed by atoms with Crippen LogP contribution in [0.15, 0.2) is 10.9 Å². The highest BCUT2D eigenvalue weighted by molar-refractivity contribution is 5.94. The molecule has 0 unspecified atom stereocenters. The second kappa shape index (κ2) is 8.13. The van der Waals surface area contributed by atoms with Gasteiger partial charge in [-0.25, -0.2) is 0 Å². The number of carboxylic acids is 1. The van der Waals surface area contributed by atoms with E-state index >= 15 is 0 Å². The third-order valence-electron chi connectivity index (χ3n) is 4.85. The van der Waals surface area contributed by atoms with Crippen LogP contribution >= 0.6 is 0 Å². The fourth-order valence-corrected chi connectivity index (χ4v) is 3.28. The number of hydrogen-bond acceptors (Lipinski definition) is 3. The van der Waals surface area contributed by atoms with Gasteiger partial charge in [0, 0.05) is 18.8 Å². The summed E-state index contributed by atoms with van der Waals surface area (Å²) < 4.78 is 1.72. The van der Waals surface area contributed by atoms with Gasteiger partial charge in [0.2, 0.25) is 0 Å². The number of carbonyl (C=O) groups excluding carboxylic acids is 1. The minimum Gasteiger partial charge on any atom is -0.481 e. The van der Waals surface area contributed by atoms with Crippen molar-refractivity contribution in [3.8, 4) is 0 Å². The standard InChI is InChI=1S/C18H26N2O4/c1-12-10-15(17(23)19-9-8-16(21)22)18(24)20(13(12)2)11-14-6-4-3-5-7-14/h10,14H,3-9,11H2,1-2H3,(H,19,23)(H,21,22). The molecule has 0 aromatic carbocycles. The first-order chi connectivity index (χ1) is 11.4. The van der Waals surface area contributed by atoms with E-state index in [1.54, 1.807) is 10.6 Å². The van der Waals surface area contributed by atoms with E-state index in [0.717, 1.165) is 24.1 Å². The zero-order chi connectivity index (χ0) is 17.7. The molecule has 0 radical (unpaired) electrons. The molecule has 24 heavy (non-hydrogen) atoms. The topological polar surface area (TPSA) is 88.4 Å². The highest BCUT2D eigenvalue weighted by atomic mass is 16.4. The number of rotatable bonds is 6. The maximum absolute atomic E-state index is 12.7. The van der Waals surface area contributed by atoms with Gasteiger partial charge < -0.3 is 15.0 Å². The Morgan fingerprint density at radius 3 is 2.54 bits per heavy atom. The van der Waals surface area contributed by atoms with E-state index in [4.69, 9.17) is 5.11 Å². The molecule has 0 atom stereocenters. The number of amides is 1. The fourth-order valence-electron chi connectivity index (χ4n) is 3.28. The number of pyridine rings is 1. The van der Waals surface area contributed by atoms with Gasteiger partial charge in [-0.15, -0.1) is 0 Å².